The molecule has 2 aromatic carbocycles. The lowest BCUT2D eigenvalue weighted by Gasteiger charge is -2.13. The fourth-order valence-electron chi connectivity index (χ4n) is 1.66. The maximum Gasteiger partial charge on any atom is 0.417 e. The summed E-state index contributed by atoms with van der Waals surface area (Å²) < 4.78 is 78.6. The molecule has 0 aromatic heterocycles. The van der Waals surface area contributed by atoms with E-state index in [-0.39, 0.29) is 0 Å². The standard InChI is InChI=1S/C13H7BrClF4NO2S/c14-7-1-4-12(11(16)5-7)20-23(21,22)8-2-3-10(15)9(6-8)13(17,18)19/h1-6,20H. The Balaban J connectivity index is 2.44. The van der Waals surface area contributed by atoms with Gasteiger partial charge in [-0.25, -0.2) is 12.8 Å². The maximum absolute atomic E-state index is 13.7. The number of hydrogen-bond acceptors (Lipinski definition) is 2. The van der Waals surface area contributed by atoms with Crippen molar-refractivity contribution in [3.63, 3.8) is 0 Å². The zero-order valence-corrected chi connectivity index (χ0v) is 14.1. The van der Waals surface area contributed by atoms with Crippen LogP contribution in [0.5, 0.6) is 0 Å². The molecule has 0 saturated heterocycles. The van der Waals surface area contributed by atoms with E-state index in [9.17, 15) is 26.0 Å². The molecule has 0 fully saturated rings. The first-order chi connectivity index (χ1) is 10.5. The van der Waals surface area contributed by atoms with Crippen LogP contribution in [-0.4, -0.2) is 8.42 Å². The molecule has 2 rings (SSSR count). The first-order valence-corrected chi connectivity index (χ1v) is 8.51. The molecular formula is C13H7BrClF4NO2S. The Morgan fingerprint density at radius 3 is 2.30 bits per heavy atom. The van der Waals surface area contributed by atoms with Crippen molar-refractivity contribution in [1.29, 1.82) is 0 Å². The van der Waals surface area contributed by atoms with E-state index in [2.05, 4.69) is 15.9 Å². The SMILES string of the molecule is O=S(=O)(Nc1ccc(Br)cc1F)c1ccc(Cl)c(C(F)(F)F)c1. The van der Waals surface area contributed by atoms with Gasteiger partial charge in [-0.3, -0.25) is 4.72 Å². The summed E-state index contributed by atoms with van der Waals surface area (Å²) in [6.45, 7) is 0. The first kappa shape index (κ1) is 18.0. The number of hydrogen-bond donors (Lipinski definition) is 1. The first-order valence-electron chi connectivity index (χ1n) is 5.85. The van der Waals surface area contributed by atoms with E-state index >= 15 is 0 Å². The number of nitrogens with one attached hydrogen (secondary N) is 1. The van der Waals surface area contributed by atoms with Crippen LogP contribution in [0.15, 0.2) is 45.8 Å². The molecule has 0 heterocycles. The van der Waals surface area contributed by atoms with Crippen molar-refractivity contribution < 1.29 is 26.0 Å². The summed E-state index contributed by atoms with van der Waals surface area (Å²) in [6.07, 6.45) is -4.81. The average molecular weight is 433 g/mol. The third kappa shape index (κ3) is 4.15. The molecule has 0 aliphatic rings. The van der Waals surface area contributed by atoms with Crippen LogP contribution in [0.25, 0.3) is 0 Å². The molecule has 0 radical (unpaired) electrons. The summed E-state index contributed by atoms with van der Waals surface area (Å²) in [4.78, 5) is -0.684. The van der Waals surface area contributed by atoms with E-state index in [0.29, 0.717) is 10.5 Å². The molecule has 10 heteroatoms. The fraction of sp³-hybridized carbons (Fsp3) is 0.0769. The summed E-state index contributed by atoms with van der Waals surface area (Å²) in [7, 11) is -4.41. The molecule has 0 spiro atoms. The lowest BCUT2D eigenvalue weighted by atomic mass is 10.2. The van der Waals surface area contributed by atoms with Crippen LogP contribution in [0.1, 0.15) is 5.56 Å². The van der Waals surface area contributed by atoms with Gasteiger partial charge in [0, 0.05) is 4.47 Å². The second kappa shape index (κ2) is 6.29. The summed E-state index contributed by atoms with van der Waals surface area (Å²) in [5.41, 5.74) is -1.69. The van der Waals surface area contributed by atoms with Crippen LogP contribution in [0.4, 0.5) is 23.2 Å². The third-order valence-electron chi connectivity index (χ3n) is 2.73. The highest BCUT2D eigenvalue weighted by molar-refractivity contribution is 9.10. The van der Waals surface area contributed by atoms with Crippen molar-refractivity contribution in [2.45, 2.75) is 11.1 Å². The minimum atomic E-state index is -4.81. The van der Waals surface area contributed by atoms with Crippen molar-refractivity contribution >= 4 is 43.2 Å². The van der Waals surface area contributed by atoms with E-state index in [1.54, 1.807) is 0 Å². The molecule has 0 unspecified atom stereocenters. The molecular weight excluding hydrogens is 426 g/mol. The van der Waals surface area contributed by atoms with Crippen LogP contribution in [0.3, 0.4) is 0 Å². The molecule has 0 amide bonds. The van der Waals surface area contributed by atoms with Gasteiger partial charge in [0.15, 0.2) is 0 Å². The molecule has 2 aromatic rings. The average Bonchev–Trinajstić information content (AvgIpc) is 2.41. The van der Waals surface area contributed by atoms with E-state index in [1.807, 2.05) is 4.72 Å². The van der Waals surface area contributed by atoms with Gasteiger partial charge in [-0.2, -0.15) is 13.2 Å². The van der Waals surface area contributed by atoms with Crippen LogP contribution < -0.4 is 4.72 Å². The molecule has 3 nitrogen and oxygen atoms in total. The van der Waals surface area contributed by atoms with Crippen molar-refractivity contribution in [1.82, 2.24) is 0 Å². The Bertz CT molecular complexity index is 856. The van der Waals surface area contributed by atoms with E-state index < -0.39 is 43.2 Å². The minimum absolute atomic E-state index is 0.379. The lowest BCUT2D eigenvalue weighted by molar-refractivity contribution is -0.137. The Labute approximate surface area is 142 Å². The molecule has 23 heavy (non-hydrogen) atoms. The zero-order valence-electron chi connectivity index (χ0n) is 11.0. The molecule has 0 aliphatic carbocycles. The molecule has 124 valence electrons. The van der Waals surface area contributed by atoms with Crippen LogP contribution in [-0.2, 0) is 16.2 Å². The van der Waals surface area contributed by atoms with Gasteiger partial charge in [0.05, 0.1) is 21.2 Å². The monoisotopic (exact) mass is 431 g/mol. The summed E-state index contributed by atoms with van der Waals surface area (Å²) >= 11 is 8.44. The van der Waals surface area contributed by atoms with Gasteiger partial charge >= 0.3 is 6.18 Å². The molecule has 0 aliphatic heterocycles. The van der Waals surface area contributed by atoms with Crippen molar-refractivity contribution in [3.05, 3.63) is 57.3 Å². The second-order valence-electron chi connectivity index (χ2n) is 4.37. The molecule has 0 bridgehead atoms. The quantitative estimate of drug-likeness (QED) is 0.689. The van der Waals surface area contributed by atoms with Crippen LogP contribution >= 0.6 is 27.5 Å². The van der Waals surface area contributed by atoms with Crippen molar-refractivity contribution in [2.24, 2.45) is 0 Å². The van der Waals surface area contributed by atoms with Crippen molar-refractivity contribution in [3.8, 4) is 0 Å². The van der Waals surface area contributed by atoms with Gasteiger partial charge in [-0.1, -0.05) is 27.5 Å². The van der Waals surface area contributed by atoms with Crippen LogP contribution in [0.2, 0.25) is 5.02 Å². The number of anilines is 1. The third-order valence-corrected chi connectivity index (χ3v) is 4.91. The van der Waals surface area contributed by atoms with Gasteiger partial charge in [-0.05, 0) is 36.4 Å². The topological polar surface area (TPSA) is 46.2 Å². The number of alkyl halides is 3. The number of halogens is 6. The normalized spacial score (nSPS) is 12.3. The van der Waals surface area contributed by atoms with E-state index in [0.717, 1.165) is 24.3 Å². The minimum Gasteiger partial charge on any atom is -0.277 e. The number of sulfonamides is 1. The Morgan fingerprint density at radius 2 is 1.74 bits per heavy atom. The van der Waals surface area contributed by atoms with E-state index in [1.165, 1.54) is 6.07 Å². The largest absolute Gasteiger partial charge is 0.417 e. The van der Waals surface area contributed by atoms with Gasteiger partial charge in [0.2, 0.25) is 0 Å². The highest BCUT2D eigenvalue weighted by Crippen LogP contribution is 2.36. The molecule has 0 atom stereocenters. The van der Waals surface area contributed by atoms with Crippen LogP contribution in [0, 0.1) is 5.82 Å². The lowest BCUT2D eigenvalue weighted by Crippen LogP contribution is -2.15. The summed E-state index contributed by atoms with van der Waals surface area (Å²) in [5.74, 6) is -0.882. The van der Waals surface area contributed by atoms with Gasteiger partial charge < -0.3 is 0 Å². The second-order valence-corrected chi connectivity index (χ2v) is 7.37. The van der Waals surface area contributed by atoms with Gasteiger partial charge in [0.25, 0.3) is 10.0 Å². The smallest absolute Gasteiger partial charge is 0.277 e. The maximum atomic E-state index is 13.7. The summed E-state index contributed by atoms with van der Waals surface area (Å²) in [5, 5.41) is -0.633. The molecule has 1 N–H and O–H groups in total. The fourth-order valence-corrected chi connectivity index (χ4v) is 3.32. The summed E-state index contributed by atoms with van der Waals surface area (Å²) in [6, 6.07) is 5.64. The van der Waals surface area contributed by atoms with Gasteiger partial charge in [-0.15, -0.1) is 0 Å². The zero-order chi connectivity index (χ0) is 17.4. The Kier molecular flexibility index (Phi) is 4.93. The molecule has 0 saturated carbocycles. The van der Waals surface area contributed by atoms with E-state index in [4.69, 9.17) is 11.6 Å². The number of rotatable bonds is 3. The predicted molar refractivity (Wildman–Crippen MR) is 81.4 cm³/mol. The predicted octanol–water partition coefficient (Wildman–Crippen LogP) is 5.06. The number of benzene rings is 2. The van der Waals surface area contributed by atoms with Gasteiger partial charge in [0.1, 0.15) is 5.82 Å². The highest BCUT2D eigenvalue weighted by Gasteiger charge is 2.34. The Morgan fingerprint density at radius 1 is 1.09 bits per heavy atom. The Hall–Kier alpha value is -1.32. The highest BCUT2D eigenvalue weighted by atomic mass is 79.9. The van der Waals surface area contributed by atoms with Crippen molar-refractivity contribution in [2.75, 3.05) is 4.72 Å².